The van der Waals surface area contributed by atoms with Crippen LogP contribution in [0.2, 0.25) is 0 Å². The van der Waals surface area contributed by atoms with Crippen molar-refractivity contribution < 1.29 is 83.6 Å². The van der Waals surface area contributed by atoms with Crippen molar-refractivity contribution in [3.05, 3.63) is 77.9 Å². The molecule has 9 heteroatoms. The zero-order valence-electron chi connectivity index (χ0n) is 15.4. The minimum Gasteiger partial charge on any atom is -0.872 e. The first-order valence-corrected chi connectivity index (χ1v) is 10.1. The molecular formula is C20H8I2Na2O5. The number of hydrogen-bond donors (Lipinski definition) is 0. The van der Waals surface area contributed by atoms with Crippen LogP contribution in [0, 0.1) is 7.14 Å². The number of benzene rings is 3. The average molecular weight is 628 g/mol. The molecule has 0 aliphatic carbocycles. The normalized spacial score (nSPS) is 14.5. The number of ether oxygens (including phenoxy) is 2. The molecule has 0 saturated carbocycles. The zero-order valence-corrected chi connectivity index (χ0v) is 23.7. The smallest absolute Gasteiger partial charge is 0.872 e. The molecule has 1 spiro atoms. The van der Waals surface area contributed by atoms with E-state index in [-0.39, 0.29) is 70.6 Å². The van der Waals surface area contributed by atoms with Crippen molar-refractivity contribution >= 4 is 51.2 Å². The Hall–Kier alpha value is -0.01000. The predicted octanol–water partition coefficient (Wildman–Crippen LogP) is -2.38. The van der Waals surface area contributed by atoms with Gasteiger partial charge in [0.15, 0.2) is 5.60 Å². The summed E-state index contributed by atoms with van der Waals surface area (Å²) in [5, 5.41) is 24.4. The molecule has 2 heterocycles. The Morgan fingerprint density at radius 3 is 1.83 bits per heavy atom. The average Bonchev–Trinajstić information content (AvgIpc) is 2.96. The maximum Gasteiger partial charge on any atom is 1.00 e. The maximum atomic E-state index is 12.7. The number of carbonyl (C=O) groups excluding carboxylic acids is 1. The quantitative estimate of drug-likeness (QED) is 0.158. The van der Waals surface area contributed by atoms with Gasteiger partial charge in [-0.1, -0.05) is 54.0 Å². The molecule has 0 saturated heterocycles. The van der Waals surface area contributed by atoms with E-state index in [0.29, 0.717) is 40.9 Å². The fourth-order valence-electron chi connectivity index (χ4n) is 3.69. The van der Waals surface area contributed by atoms with Gasteiger partial charge in [0.05, 0.1) is 5.56 Å². The number of esters is 1. The van der Waals surface area contributed by atoms with Crippen molar-refractivity contribution in [1.29, 1.82) is 0 Å². The Balaban J connectivity index is 0.00000120. The fourth-order valence-corrected chi connectivity index (χ4v) is 4.86. The van der Waals surface area contributed by atoms with Crippen LogP contribution in [0.1, 0.15) is 27.0 Å². The van der Waals surface area contributed by atoms with Gasteiger partial charge in [0, 0.05) is 23.8 Å². The second-order valence-corrected chi connectivity index (χ2v) is 8.38. The predicted molar refractivity (Wildman–Crippen MR) is 109 cm³/mol. The summed E-state index contributed by atoms with van der Waals surface area (Å²) in [6, 6.07) is 13.3. The molecule has 29 heavy (non-hydrogen) atoms. The van der Waals surface area contributed by atoms with Gasteiger partial charge in [-0.3, -0.25) is 0 Å². The molecule has 3 aromatic carbocycles. The molecule has 0 N–H and O–H groups in total. The van der Waals surface area contributed by atoms with E-state index in [2.05, 4.69) is 0 Å². The van der Waals surface area contributed by atoms with Gasteiger partial charge in [-0.15, -0.1) is 0 Å². The topological polar surface area (TPSA) is 81.7 Å². The molecule has 5 nitrogen and oxygen atoms in total. The second-order valence-electron chi connectivity index (χ2n) is 6.23. The minimum absolute atomic E-state index is 0. The van der Waals surface area contributed by atoms with Crippen molar-refractivity contribution in [2.24, 2.45) is 0 Å². The van der Waals surface area contributed by atoms with Crippen molar-refractivity contribution in [2.75, 3.05) is 0 Å². The van der Waals surface area contributed by atoms with Crippen molar-refractivity contribution in [1.82, 2.24) is 0 Å². The number of rotatable bonds is 0. The summed E-state index contributed by atoms with van der Waals surface area (Å²) in [6.07, 6.45) is 0. The second kappa shape index (κ2) is 8.50. The number of halogens is 2. The number of fused-ring (bicyclic) bond motifs is 6. The van der Waals surface area contributed by atoms with Crippen molar-refractivity contribution in [3.8, 4) is 23.0 Å². The standard InChI is InChI=1S/C20H10I2O5.2Na/c21-15-13(23)7-5-11-17(15)26-18-12(6-8-14(24)16(18)22)20(11)10-4-2-1-3-9(10)19(25)27-20;;/h1-8,23-24H;;/q;2*+1/p-2. The molecule has 2 aliphatic rings. The van der Waals surface area contributed by atoms with Crippen molar-refractivity contribution in [3.63, 3.8) is 0 Å². The zero-order chi connectivity index (χ0) is 18.9. The summed E-state index contributed by atoms with van der Waals surface area (Å²) in [6.45, 7) is 0. The molecule has 0 unspecified atom stereocenters. The van der Waals surface area contributed by atoms with Crippen LogP contribution in [0.4, 0.5) is 0 Å². The summed E-state index contributed by atoms with van der Waals surface area (Å²) in [5.74, 6) is -0.197. The molecule has 0 amide bonds. The van der Waals surface area contributed by atoms with Gasteiger partial charge in [0.2, 0.25) is 0 Å². The van der Waals surface area contributed by atoms with E-state index in [1.165, 1.54) is 12.1 Å². The largest absolute Gasteiger partial charge is 1.00 e. The van der Waals surface area contributed by atoms with Crippen LogP contribution in [-0.4, -0.2) is 5.97 Å². The summed E-state index contributed by atoms with van der Waals surface area (Å²) in [4.78, 5) is 12.7. The van der Waals surface area contributed by atoms with E-state index in [9.17, 15) is 15.0 Å². The number of hydrogen-bond acceptors (Lipinski definition) is 5. The van der Waals surface area contributed by atoms with Crippen LogP contribution in [0.25, 0.3) is 0 Å². The van der Waals surface area contributed by atoms with Gasteiger partial charge < -0.3 is 19.7 Å². The van der Waals surface area contributed by atoms with Gasteiger partial charge >= 0.3 is 65.1 Å². The van der Waals surface area contributed by atoms with Gasteiger partial charge in [-0.2, -0.15) is 0 Å². The number of carbonyl (C=O) groups is 1. The molecule has 134 valence electrons. The summed E-state index contributed by atoms with van der Waals surface area (Å²) >= 11 is 3.85. The van der Waals surface area contributed by atoms with Crippen LogP contribution in [0.3, 0.4) is 0 Å². The minimum atomic E-state index is -1.25. The van der Waals surface area contributed by atoms with Crippen LogP contribution in [0.5, 0.6) is 23.0 Å². The molecule has 0 aromatic heterocycles. The van der Waals surface area contributed by atoms with Crippen LogP contribution in [-0.2, 0) is 10.3 Å². The third-order valence-electron chi connectivity index (χ3n) is 4.86. The van der Waals surface area contributed by atoms with E-state index in [4.69, 9.17) is 9.47 Å². The maximum absolute atomic E-state index is 12.7. The molecule has 2 aliphatic heterocycles. The molecule has 0 atom stereocenters. The first-order chi connectivity index (χ1) is 12.9. The molecule has 0 fully saturated rings. The first kappa shape index (κ1) is 23.6. The first-order valence-electron chi connectivity index (χ1n) is 7.96. The molecule has 3 aromatic rings. The Morgan fingerprint density at radius 2 is 1.28 bits per heavy atom. The monoisotopic (exact) mass is 628 g/mol. The van der Waals surface area contributed by atoms with Gasteiger partial charge in [-0.05, 0) is 51.2 Å². The van der Waals surface area contributed by atoms with E-state index < -0.39 is 11.6 Å². The molecular weight excluding hydrogens is 620 g/mol. The van der Waals surface area contributed by atoms with Gasteiger partial charge in [0.1, 0.15) is 11.5 Å². The molecule has 0 bridgehead atoms. The van der Waals surface area contributed by atoms with Gasteiger partial charge in [0.25, 0.3) is 0 Å². The fraction of sp³-hybridized carbons (Fsp3) is 0.0500. The van der Waals surface area contributed by atoms with E-state index >= 15 is 0 Å². The molecule has 0 radical (unpaired) electrons. The summed E-state index contributed by atoms with van der Waals surface area (Å²) < 4.78 is 12.8. The van der Waals surface area contributed by atoms with Crippen LogP contribution in [0.15, 0.2) is 48.5 Å². The third kappa shape index (κ3) is 3.27. The van der Waals surface area contributed by atoms with E-state index in [1.807, 2.05) is 57.3 Å². The Morgan fingerprint density at radius 1 is 0.759 bits per heavy atom. The van der Waals surface area contributed by atoms with Gasteiger partial charge in [-0.25, -0.2) is 4.79 Å². The van der Waals surface area contributed by atoms with Crippen LogP contribution < -0.4 is 74.1 Å². The van der Waals surface area contributed by atoms with Crippen LogP contribution >= 0.6 is 45.2 Å². The van der Waals surface area contributed by atoms with E-state index in [1.54, 1.807) is 24.3 Å². The summed E-state index contributed by atoms with van der Waals surface area (Å²) in [7, 11) is 0. The Kier molecular flexibility index (Phi) is 6.93. The van der Waals surface area contributed by atoms with Crippen molar-refractivity contribution in [2.45, 2.75) is 5.60 Å². The summed E-state index contributed by atoms with van der Waals surface area (Å²) in [5.41, 5.74) is 1.03. The SMILES string of the molecule is O=C1OC2(c3ccccc31)c1ccc([O-])c(I)c1Oc1c2ccc([O-])c1I.[Na+].[Na+]. The third-order valence-corrected chi connectivity index (χ3v) is 6.90. The Labute approximate surface area is 238 Å². The van der Waals surface area contributed by atoms with E-state index in [0.717, 1.165) is 0 Å². The Bertz CT molecular complexity index is 1110. The molecule has 5 rings (SSSR count).